The Balaban J connectivity index is 2.32. The second kappa shape index (κ2) is 4.34. The molecule has 0 amide bonds. The summed E-state index contributed by atoms with van der Waals surface area (Å²) in [5, 5.41) is 2.66. The lowest BCUT2D eigenvalue weighted by molar-refractivity contribution is 0.377. The van der Waals surface area contributed by atoms with Crippen LogP contribution < -0.4 is 16.8 Å². The summed E-state index contributed by atoms with van der Waals surface area (Å²) in [6, 6.07) is 1.34. The third-order valence-electron chi connectivity index (χ3n) is 2.44. The van der Waals surface area contributed by atoms with E-state index in [9.17, 15) is 13.2 Å². The number of nitrogens with two attached hydrogens (primary N) is 2. The van der Waals surface area contributed by atoms with Crippen molar-refractivity contribution in [3.05, 3.63) is 47.4 Å². The number of nitrogens with zero attached hydrogens (tertiary/aromatic N) is 1. The summed E-state index contributed by atoms with van der Waals surface area (Å²) in [6.07, 6.45) is 2.67. The molecular weight excluding hydrogens is 245 g/mol. The molecule has 0 aromatic heterocycles. The Kier molecular flexibility index (Phi) is 3.00. The average molecular weight is 256 g/mol. The van der Waals surface area contributed by atoms with E-state index in [0.717, 1.165) is 6.07 Å². The third-order valence-corrected chi connectivity index (χ3v) is 2.44. The van der Waals surface area contributed by atoms with E-state index in [1.165, 1.54) is 12.3 Å². The first-order valence-corrected chi connectivity index (χ1v) is 5.11. The van der Waals surface area contributed by atoms with Gasteiger partial charge in [-0.2, -0.15) is 0 Å². The van der Waals surface area contributed by atoms with Gasteiger partial charge in [0.1, 0.15) is 11.7 Å². The molecule has 96 valence electrons. The molecule has 1 aliphatic rings. The van der Waals surface area contributed by atoms with Gasteiger partial charge in [0.15, 0.2) is 17.4 Å². The molecule has 5 N–H and O–H groups in total. The maximum Gasteiger partial charge on any atom is 0.188 e. The lowest BCUT2D eigenvalue weighted by Crippen LogP contribution is -2.54. The van der Waals surface area contributed by atoms with Crippen LogP contribution in [0.15, 0.2) is 29.4 Å². The molecule has 0 fully saturated rings. The quantitative estimate of drug-likeness (QED) is 0.683. The van der Waals surface area contributed by atoms with Gasteiger partial charge in [0.2, 0.25) is 0 Å². The van der Waals surface area contributed by atoms with E-state index in [-0.39, 0.29) is 17.8 Å². The van der Waals surface area contributed by atoms with E-state index in [1.807, 2.05) is 0 Å². The van der Waals surface area contributed by atoms with Gasteiger partial charge in [0.05, 0.1) is 0 Å². The SMILES string of the molecule is NC1=NC(N)(Cc2cc(F)cc(F)c2F)NC=C1. The van der Waals surface area contributed by atoms with Crippen molar-refractivity contribution < 1.29 is 13.2 Å². The number of halogens is 3. The molecule has 0 saturated heterocycles. The average Bonchev–Trinajstić information content (AvgIpc) is 2.24. The van der Waals surface area contributed by atoms with E-state index in [0.29, 0.717) is 6.07 Å². The molecule has 2 rings (SSSR count). The van der Waals surface area contributed by atoms with Gasteiger partial charge in [-0.1, -0.05) is 0 Å². The van der Waals surface area contributed by atoms with Crippen molar-refractivity contribution in [3.63, 3.8) is 0 Å². The highest BCUT2D eigenvalue weighted by Gasteiger charge is 2.27. The predicted molar refractivity (Wildman–Crippen MR) is 60.8 cm³/mol. The topological polar surface area (TPSA) is 76.4 Å². The van der Waals surface area contributed by atoms with Crippen LogP contribution in [0.1, 0.15) is 5.56 Å². The standard InChI is InChI=1S/C11H11F3N4/c12-7-3-6(10(14)8(13)4-7)5-11(16)17-2-1-9(15)18-11/h1-4,17H,5,16H2,(H2,15,18). The highest BCUT2D eigenvalue weighted by molar-refractivity contribution is 5.92. The lowest BCUT2D eigenvalue weighted by Gasteiger charge is -2.28. The molecule has 0 saturated carbocycles. The molecule has 1 heterocycles. The molecule has 0 radical (unpaired) electrons. The molecule has 18 heavy (non-hydrogen) atoms. The smallest absolute Gasteiger partial charge is 0.188 e. The molecule has 1 unspecified atom stereocenters. The Morgan fingerprint density at radius 1 is 1.28 bits per heavy atom. The molecule has 1 aliphatic heterocycles. The molecule has 1 aromatic carbocycles. The lowest BCUT2D eigenvalue weighted by atomic mass is 10.1. The summed E-state index contributed by atoms with van der Waals surface area (Å²) in [5.41, 5.74) is 11.1. The fourth-order valence-electron chi connectivity index (χ4n) is 1.69. The Morgan fingerprint density at radius 3 is 2.67 bits per heavy atom. The normalized spacial score (nSPS) is 22.6. The van der Waals surface area contributed by atoms with Gasteiger partial charge in [-0.05, 0) is 17.7 Å². The zero-order chi connectivity index (χ0) is 13.3. The van der Waals surface area contributed by atoms with Crippen LogP contribution in [0, 0.1) is 17.5 Å². The maximum absolute atomic E-state index is 13.5. The van der Waals surface area contributed by atoms with E-state index >= 15 is 0 Å². The first-order valence-electron chi connectivity index (χ1n) is 5.11. The molecular formula is C11H11F3N4. The summed E-state index contributed by atoms with van der Waals surface area (Å²) >= 11 is 0. The summed E-state index contributed by atoms with van der Waals surface area (Å²) in [4.78, 5) is 3.87. The Hall–Kier alpha value is -2.02. The van der Waals surface area contributed by atoms with Gasteiger partial charge >= 0.3 is 0 Å². The van der Waals surface area contributed by atoms with E-state index in [1.54, 1.807) is 0 Å². The highest BCUT2D eigenvalue weighted by Crippen LogP contribution is 2.19. The number of rotatable bonds is 2. The monoisotopic (exact) mass is 256 g/mol. The van der Waals surface area contributed by atoms with Crippen LogP contribution in [0.3, 0.4) is 0 Å². The minimum atomic E-state index is -1.42. The largest absolute Gasteiger partial charge is 0.384 e. The minimum Gasteiger partial charge on any atom is -0.384 e. The molecule has 1 aromatic rings. The fraction of sp³-hybridized carbons (Fsp3) is 0.182. The Bertz CT molecular complexity index is 541. The van der Waals surface area contributed by atoms with Crippen LogP contribution in [0.5, 0.6) is 0 Å². The molecule has 4 nitrogen and oxygen atoms in total. The van der Waals surface area contributed by atoms with Crippen molar-refractivity contribution in [1.29, 1.82) is 0 Å². The van der Waals surface area contributed by atoms with Crippen LogP contribution >= 0.6 is 0 Å². The fourth-order valence-corrected chi connectivity index (χ4v) is 1.69. The van der Waals surface area contributed by atoms with Gasteiger partial charge in [0.25, 0.3) is 0 Å². The van der Waals surface area contributed by atoms with E-state index in [2.05, 4.69) is 10.3 Å². The van der Waals surface area contributed by atoms with E-state index < -0.39 is 23.2 Å². The highest BCUT2D eigenvalue weighted by atomic mass is 19.2. The molecule has 0 spiro atoms. The zero-order valence-electron chi connectivity index (χ0n) is 9.25. The van der Waals surface area contributed by atoms with Gasteiger partial charge in [-0.3, -0.25) is 5.73 Å². The number of nitrogens with one attached hydrogen (secondary N) is 1. The number of hydrogen-bond donors (Lipinski definition) is 3. The molecule has 7 heteroatoms. The van der Waals surface area contributed by atoms with Crippen LogP contribution in [-0.2, 0) is 6.42 Å². The van der Waals surface area contributed by atoms with Crippen LogP contribution in [-0.4, -0.2) is 11.6 Å². The van der Waals surface area contributed by atoms with Gasteiger partial charge in [-0.25, -0.2) is 18.2 Å². The summed E-state index contributed by atoms with van der Waals surface area (Å²) in [5.74, 6) is -4.56. The summed E-state index contributed by atoms with van der Waals surface area (Å²) in [7, 11) is 0. The summed E-state index contributed by atoms with van der Waals surface area (Å²) in [6.45, 7) is 0. The molecule has 1 atom stereocenters. The van der Waals surface area contributed by atoms with Gasteiger partial charge < -0.3 is 11.1 Å². The van der Waals surface area contributed by atoms with Crippen LogP contribution in [0.4, 0.5) is 13.2 Å². The van der Waals surface area contributed by atoms with Crippen LogP contribution in [0.25, 0.3) is 0 Å². The number of amidine groups is 1. The van der Waals surface area contributed by atoms with Gasteiger partial charge in [-0.15, -0.1) is 0 Å². The Labute approximate surface area is 101 Å². The third kappa shape index (κ3) is 2.45. The van der Waals surface area contributed by atoms with Gasteiger partial charge in [0, 0.05) is 18.7 Å². The van der Waals surface area contributed by atoms with Crippen molar-refractivity contribution in [2.24, 2.45) is 16.5 Å². The first-order chi connectivity index (χ1) is 8.39. The van der Waals surface area contributed by atoms with Crippen molar-refractivity contribution in [2.75, 3.05) is 0 Å². The van der Waals surface area contributed by atoms with Crippen molar-refractivity contribution >= 4 is 5.84 Å². The second-order valence-electron chi connectivity index (χ2n) is 3.98. The number of aliphatic imine (C=N–C) groups is 1. The number of benzene rings is 1. The van der Waals surface area contributed by atoms with Crippen molar-refractivity contribution in [2.45, 2.75) is 12.2 Å². The number of hydrogen-bond acceptors (Lipinski definition) is 4. The van der Waals surface area contributed by atoms with Crippen molar-refractivity contribution in [3.8, 4) is 0 Å². The maximum atomic E-state index is 13.5. The molecule has 0 aliphatic carbocycles. The van der Waals surface area contributed by atoms with Crippen molar-refractivity contribution in [1.82, 2.24) is 5.32 Å². The minimum absolute atomic E-state index is 0.147. The second-order valence-corrected chi connectivity index (χ2v) is 3.98. The summed E-state index contributed by atoms with van der Waals surface area (Å²) < 4.78 is 39.5. The Morgan fingerprint density at radius 2 is 2.00 bits per heavy atom. The van der Waals surface area contributed by atoms with Crippen LogP contribution in [0.2, 0.25) is 0 Å². The molecule has 0 bridgehead atoms. The first kappa shape index (κ1) is 12.4. The predicted octanol–water partition coefficient (Wildman–Crippen LogP) is 0.733. The van der Waals surface area contributed by atoms with E-state index in [4.69, 9.17) is 11.5 Å². The zero-order valence-corrected chi connectivity index (χ0v) is 9.25.